The monoisotopic (exact) mass is 436 g/mol. The summed E-state index contributed by atoms with van der Waals surface area (Å²) >= 11 is 1.29. The molecule has 0 bridgehead atoms. The highest BCUT2D eigenvalue weighted by Crippen LogP contribution is 2.35. The van der Waals surface area contributed by atoms with Gasteiger partial charge in [-0.2, -0.15) is 4.99 Å². The fourth-order valence-electron chi connectivity index (χ4n) is 3.33. The maximum atomic E-state index is 13.0. The van der Waals surface area contributed by atoms with E-state index < -0.39 is 5.91 Å². The van der Waals surface area contributed by atoms with E-state index in [1.165, 1.54) is 11.3 Å². The summed E-state index contributed by atoms with van der Waals surface area (Å²) in [6.45, 7) is 2.59. The van der Waals surface area contributed by atoms with E-state index in [0.29, 0.717) is 34.2 Å². The molecule has 0 aliphatic rings. The Balaban J connectivity index is 1.88. The topological polar surface area (TPSA) is 75.2 Å². The third-order valence-electron chi connectivity index (χ3n) is 4.66. The van der Waals surface area contributed by atoms with Crippen molar-refractivity contribution >= 4 is 38.4 Å². The van der Waals surface area contributed by atoms with Crippen LogP contribution in [0.1, 0.15) is 17.5 Å². The van der Waals surface area contributed by atoms with Gasteiger partial charge in [-0.25, -0.2) is 0 Å². The molecule has 0 aliphatic carbocycles. The van der Waals surface area contributed by atoms with Gasteiger partial charge in [0.1, 0.15) is 21.7 Å². The fraction of sp³-hybridized carbons (Fsp3) is 0.217. The van der Waals surface area contributed by atoms with Gasteiger partial charge in [0.2, 0.25) is 0 Å². The average Bonchev–Trinajstić information content (AvgIpc) is 3.37. The van der Waals surface area contributed by atoms with Crippen molar-refractivity contribution in [2.24, 2.45) is 4.99 Å². The van der Waals surface area contributed by atoms with Gasteiger partial charge in [-0.15, -0.1) is 6.42 Å². The summed E-state index contributed by atoms with van der Waals surface area (Å²) in [5, 5.41) is 0.765. The van der Waals surface area contributed by atoms with E-state index in [1.54, 1.807) is 43.1 Å². The molecule has 4 rings (SSSR count). The zero-order valence-corrected chi connectivity index (χ0v) is 18.1. The molecule has 0 aliphatic heterocycles. The Labute approximate surface area is 182 Å². The minimum Gasteiger partial charge on any atom is -0.495 e. The number of rotatable bonds is 6. The van der Waals surface area contributed by atoms with Gasteiger partial charge in [0.25, 0.3) is 0 Å². The number of hydrogen-bond donors (Lipinski definition) is 0. The van der Waals surface area contributed by atoms with Crippen molar-refractivity contribution in [2.75, 3.05) is 20.8 Å². The average molecular weight is 436 g/mol. The van der Waals surface area contributed by atoms with Crippen molar-refractivity contribution in [1.29, 1.82) is 0 Å². The first-order valence-electron chi connectivity index (χ1n) is 9.53. The van der Waals surface area contributed by atoms with Crippen LogP contribution in [0.3, 0.4) is 0 Å². The van der Waals surface area contributed by atoms with E-state index in [1.807, 2.05) is 19.1 Å². The summed E-state index contributed by atoms with van der Waals surface area (Å²) < 4.78 is 24.9. The van der Waals surface area contributed by atoms with Gasteiger partial charge in [-0.05, 0) is 31.2 Å². The second-order valence-electron chi connectivity index (χ2n) is 6.46. The number of hydrogen-bond acceptors (Lipinski definition) is 6. The first kappa shape index (κ1) is 20.6. The van der Waals surface area contributed by atoms with Crippen molar-refractivity contribution in [3.63, 3.8) is 0 Å². The number of carbonyl (C=O) groups is 1. The van der Waals surface area contributed by atoms with Crippen molar-refractivity contribution in [2.45, 2.75) is 13.5 Å². The van der Waals surface area contributed by atoms with E-state index >= 15 is 0 Å². The number of terminal acetylenes is 1. The van der Waals surface area contributed by atoms with Crippen LogP contribution >= 0.6 is 11.3 Å². The van der Waals surface area contributed by atoms with Crippen LogP contribution in [0, 0.1) is 12.3 Å². The maximum Gasteiger partial charge on any atom is 0.315 e. The SMILES string of the molecule is C#CCn1c(=NC(=O)c2cc3cccc(OCC)c3o2)sc2c(OC)ccc(OC)c21. The van der Waals surface area contributed by atoms with E-state index in [2.05, 4.69) is 10.9 Å². The molecule has 0 unspecified atom stereocenters. The first-order valence-corrected chi connectivity index (χ1v) is 10.3. The van der Waals surface area contributed by atoms with Crippen LogP contribution in [0.15, 0.2) is 45.8 Å². The van der Waals surface area contributed by atoms with E-state index in [-0.39, 0.29) is 12.3 Å². The van der Waals surface area contributed by atoms with Crippen LogP contribution in [-0.2, 0) is 6.54 Å². The summed E-state index contributed by atoms with van der Waals surface area (Å²) in [4.78, 5) is 17.7. The van der Waals surface area contributed by atoms with Gasteiger partial charge in [-0.1, -0.05) is 29.4 Å². The smallest absolute Gasteiger partial charge is 0.315 e. The van der Waals surface area contributed by atoms with Crippen LogP contribution in [0.2, 0.25) is 0 Å². The second kappa shape index (κ2) is 8.58. The molecule has 4 aromatic rings. The Kier molecular flexibility index (Phi) is 5.69. The van der Waals surface area contributed by atoms with Crippen LogP contribution in [0.25, 0.3) is 21.2 Å². The van der Waals surface area contributed by atoms with Crippen LogP contribution in [-0.4, -0.2) is 31.3 Å². The molecule has 7 nitrogen and oxygen atoms in total. The number of carbonyl (C=O) groups excluding carboxylic acids is 1. The zero-order valence-electron chi connectivity index (χ0n) is 17.3. The first-order chi connectivity index (χ1) is 15.1. The van der Waals surface area contributed by atoms with Gasteiger partial charge in [0.15, 0.2) is 21.9 Å². The zero-order chi connectivity index (χ0) is 22.0. The van der Waals surface area contributed by atoms with E-state index in [9.17, 15) is 4.79 Å². The number of aromatic nitrogens is 1. The number of thiazole rings is 1. The number of furan rings is 1. The Morgan fingerprint density at radius 3 is 2.68 bits per heavy atom. The summed E-state index contributed by atoms with van der Waals surface area (Å²) in [6, 6.07) is 10.8. The number of benzene rings is 2. The number of amides is 1. The Bertz CT molecular complexity index is 1390. The minimum atomic E-state index is -0.520. The largest absolute Gasteiger partial charge is 0.495 e. The number of methoxy groups -OCH3 is 2. The van der Waals surface area contributed by atoms with Gasteiger partial charge < -0.3 is 23.2 Å². The molecule has 8 heteroatoms. The number of para-hydroxylation sites is 1. The lowest BCUT2D eigenvalue weighted by Gasteiger charge is -2.08. The molecule has 0 radical (unpaired) electrons. The van der Waals surface area contributed by atoms with Crippen LogP contribution in [0.5, 0.6) is 17.2 Å². The molecule has 0 saturated heterocycles. The molecule has 31 heavy (non-hydrogen) atoms. The third-order valence-corrected chi connectivity index (χ3v) is 5.75. The van der Waals surface area contributed by atoms with Crippen molar-refractivity contribution in [1.82, 2.24) is 4.57 Å². The van der Waals surface area contributed by atoms with Crippen LogP contribution in [0.4, 0.5) is 0 Å². The molecule has 0 atom stereocenters. The second-order valence-corrected chi connectivity index (χ2v) is 7.44. The lowest BCUT2D eigenvalue weighted by Crippen LogP contribution is -2.16. The van der Waals surface area contributed by atoms with Gasteiger partial charge in [-0.3, -0.25) is 4.79 Å². The van der Waals surface area contributed by atoms with Crippen LogP contribution < -0.4 is 19.0 Å². The maximum absolute atomic E-state index is 13.0. The van der Waals surface area contributed by atoms with Gasteiger partial charge >= 0.3 is 5.91 Å². The molecule has 0 saturated carbocycles. The molecule has 0 fully saturated rings. The number of nitrogens with zero attached hydrogens (tertiary/aromatic N) is 2. The fourth-order valence-corrected chi connectivity index (χ4v) is 4.47. The molecule has 2 aromatic heterocycles. The molecular formula is C23H20N2O5S. The molecular weight excluding hydrogens is 416 g/mol. The minimum absolute atomic E-state index is 0.116. The summed E-state index contributed by atoms with van der Waals surface area (Å²) in [6.07, 6.45) is 5.58. The Morgan fingerprint density at radius 2 is 1.97 bits per heavy atom. The number of fused-ring (bicyclic) bond motifs is 2. The molecule has 1 amide bonds. The Hall–Kier alpha value is -3.70. The lowest BCUT2D eigenvalue weighted by atomic mass is 10.2. The highest BCUT2D eigenvalue weighted by atomic mass is 32.1. The molecule has 0 N–H and O–H groups in total. The highest BCUT2D eigenvalue weighted by molar-refractivity contribution is 7.16. The Morgan fingerprint density at radius 1 is 1.19 bits per heavy atom. The predicted molar refractivity (Wildman–Crippen MR) is 119 cm³/mol. The summed E-state index contributed by atoms with van der Waals surface area (Å²) in [5.41, 5.74) is 1.23. The standard InChI is InChI=1S/C23H20N2O5S/c1-5-12-25-19-15(27-3)10-11-17(28-4)21(19)31-23(25)24-22(26)18-13-14-8-7-9-16(29-6-2)20(14)30-18/h1,7-11,13H,6,12H2,2-4H3. The van der Waals surface area contributed by atoms with Crippen molar-refractivity contribution in [3.8, 4) is 29.6 Å². The molecule has 0 spiro atoms. The van der Waals surface area contributed by atoms with Crippen molar-refractivity contribution in [3.05, 3.63) is 47.0 Å². The quantitative estimate of drug-likeness (QED) is 0.423. The summed E-state index contributed by atoms with van der Waals surface area (Å²) in [7, 11) is 3.16. The van der Waals surface area contributed by atoms with Gasteiger partial charge in [0, 0.05) is 5.39 Å². The predicted octanol–water partition coefficient (Wildman–Crippen LogP) is 4.24. The van der Waals surface area contributed by atoms with Gasteiger partial charge in [0.05, 0.1) is 27.4 Å². The van der Waals surface area contributed by atoms with E-state index in [0.717, 1.165) is 15.6 Å². The molecule has 158 valence electrons. The number of ether oxygens (including phenoxy) is 3. The summed E-state index contributed by atoms with van der Waals surface area (Å²) in [5.74, 6) is 4.04. The third kappa shape index (κ3) is 3.64. The lowest BCUT2D eigenvalue weighted by molar-refractivity contribution is 0.0973. The van der Waals surface area contributed by atoms with E-state index in [4.69, 9.17) is 25.1 Å². The highest BCUT2D eigenvalue weighted by Gasteiger charge is 2.18. The molecule has 2 aromatic carbocycles. The normalized spacial score (nSPS) is 11.6. The van der Waals surface area contributed by atoms with Crippen molar-refractivity contribution < 1.29 is 23.4 Å². The molecule has 2 heterocycles.